The third-order valence-electron chi connectivity index (χ3n) is 4.26. The second kappa shape index (κ2) is 7.33. The fourth-order valence-electron chi connectivity index (χ4n) is 2.77. The largest absolute Gasteiger partial charge is 0.454 e. The van der Waals surface area contributed by atoms with Gasteiger partial charge in [0.2, 0.25) is 6.79 Å². The molecule has 1 aliphatic rings. The summed E-state index contributed by atoms with van der Waals surface area (Å²) < 4.78 is 35.7. The van der Waals surface area contributed by atoms with Crippen LogP contribution in [-0.2, 0) is 0 Å². The molecule has 2 heterocycles. The Hall–Kier alpha value is -2.25. The Kier molecular flexibility index (Phi) is 5.15. The number of halogens is 2. The molecule has 0 amide bonds. The van der Waals surface area contributed by atoms with Crippen LogP contribution in [0.1, 0.15) is 49.2 Å². The average molecular weight is 350 g/mol. The minimum Gasteiger partial charge on any atom is -0.454 e. The lowest BCUT2D eigenvalue weighted by Gasteiger charge is -2.25. The number of benzene rings is 1. The number of rotatable bonds is 6. The maximum absolute atomic E-state index is 12.6. The van der Waals surface area contributed by atoms with E-state index in [-0.39, 0.29) is 24.6 Å². The molecule has 134 valence electrons. The van der Waals surface area contributed by atoms with E-state index in [0.717, 1.165) is 5.56 Å². The summed E-state index contributed by atoms with van der Waals surface area (Å²) >= 11 is 0. The van der Waals surface area contributed by atoms with Crippen molar-refractivity contribution in [2.45, 2.75) is 38.5 Å². The Labute approximate surface area is 144 Å². The molecule has 0 aliphatic carbocycles. The predicted molar refractivity (Wildman–Crippen MR) is 87.7 cm³/mol. The van der Waals surface area contributed by atoms with Gasteiger partial charge in [0.25, 0.3) is 6.43 Å². The summed E-state index contributed by atoms with van der Waals surface area (Å²) in [4.78, 5) is 3.77. The molecule has 0 spiro atoms. The van der Waals surface area contributed by atoms with Crippen molar-refractivity contribution in [3.8, 4) is 11.5 Å². The Morgan fingerprint density at radius 3 is 2.48 bits per heavy atom. The first-order chi connectivity index (χ1) is 12.0. The number of nitrogens with one attached hydrogen (secondary N) is 1. The Bertz CT molecular complexity index is 725. The number of nitrogens with zero attached hydrogens (tertiary/aromatic N) is 1. The number of hydrogen-bond acceptors (Lipinski definition) is 5. The fourth-order valence-corrected chi connectivity index (χ4v) is 2.77. The molecule has 3 atom stereocenters. The van der Waals surface area contributed by atoms with Crippen molar-refractivity contribution in [1.29, 1.82) is 0 Å². The second-order valence-electron chi connectivity index (χ2n) is 6.05. The number of aliphatic hydroxyl groups is 1. The molecule has 1 aliphatic heterocycles. The van der Waals surface area contributed by atoms with E-state index < -0.39 is 12.5 Å². The molecular formula is C18H20F2N2O3. The monoisotopic (exact) mass is 350 g/mol. The van der Waals surface area contributed by atoms with Gasteiger partial charge in [0.05, 0.1) is 6.10 Å². The topological polar surface area (TPSA) is 63.6 Å². The van der Waals surface area contributed by atoms with E-state index in [1.165, 1.54) is 12.3 Å². The van der Waals surface area contributed by atoms with Crippen LogP contribution < -0.4 is 14.8 Å². The molecule has 1 aromatic heterocycles. The summed E-state index contributed by atoms with van der Waals surface area (Å²) in [6.45, 7) is 3.93. The zero-order valence-corrected chi connectivity index (χ0v) is 13.9. The average Bonchev–Trinajstić information content (AvgIpc) is 3.08. The van der Waals surface area contributed by atoms with Crippen LogP contribution >= 0.6 is 0 Å². The lowest BCUT2D eigenvalue weighted by molar-refractivity contribution is 0.130. The quantitative estimate of drug-likeness (QED) is 0.835. The van der Waals surface area contributed by atoms with Gasteiger partial charge in [0.15, 0.2) is 11.5 Å². The number of aromatic nitrogens is 1. The molecule has 1 unspecified atom stereocenters. The smallest absolute Gasteiger partial charge is 0.280 e. The van der Waals surface area contributed by atoms with Crippen molar-refractivity contribution in [3.05, 3.63) is 53.3 Å². The molecule has 0 saturated carbocycles. The standard InChI is InChI=1S/C18H20F2N2O3/c1-10(13-3-5-14(18(19)20)21-8-13)22-11(2)17(23)12-4-6-15-16(7-12)25-9-24-15/h3-8,10-11,17-18,22-23H,9H2,1-2H3/t10?,11-,17-/m0/s1. The van der Waals surface area contributed by atoms with Gasteiger partial charge in [-0.2, -0.15) is 0 Å². The second-order valence-corrected chi connectivity index (χ2v) is 6.05. The van der Waals surface area contributed by atoms with Crippen LogP contribution in [-0.4, -0.2) is 22.9 Å². The first-order valence-electron chi connectivity index (χ1n) is 8.03. The highest BCUT2D eigenvalue weighted by molar-refractivity contribution is 5.45. The van der Waals surface area contributed by atoms with E-state index in [2.05, 4.69) is 10.3 Å². The zero-order chi connectivity index (χ0) is 18.0. The number of hydrogen-bond donors (Lipinski definition) is 2. The molecule has 2 aromatic rings. The van der Waals surface area contributed by atoms with Crippen LogP contribution in [0.25, 0.3) is 0 Å². The van der Waals surface area contributed by atoms with Crippen molar-refractivity contribution >= 4 is 0 Å². The lowest BCUT2D eigenvalue weighted by Crippen LogP contribution is -2.34. The number of fused-ring (bicyclic) bond motifs is 1. The van der Waals surface area contributed by atoms with E-state index in [9.17, 15) is 13.9 Å². The molecule has 0 radical (unpaired) electrons. The highest BCUT2D eigenvalue weighted by atomic mass is 19.3. The van der Waals surface area contributed by atoms with Gasteiger partial charge in [0.1, 0.15) is 5.69 Å². The van der Waals surface area contributed by atoms with Gasteiger partial charge < -0.3 is 19.9 Å². The van der Waals surface area contributed by atoms with Gasteiger partial charge in [-0.1, -0.05) is 12.1 Å². The van der Waals surface area contributed by atoms with Gasteiger partial charge in [-0.05, 0) is 43.2 Å². The number of aliphatic hydroxyl groups excluding tert-OH is 1. The third-order valence-corrected chi connectivity index (χ3v) is 4.26. The zero-order valence-electron chi connectivity index (χ0n) is 13.9. The number of alkyl halides is 2. The summed E-state index contributed by atoms with van der Waals surface area (Å²) in [7, 11) is 0. The van der Waals surface area contributed by atoms with E-state index in [4.69, 9.17) is 9.47 Å². The molecule has 0 fully saturated rings. The molecular weight excluding hydrogens is 330 g/mol. The molecule has 3 rings (SSSR count). The first-order valence-corrected chi connectivity index (χ1v) is 8.03. The molecule has 7 heteroatoms. The Morgan fingerprint density at radius 2 is 1.80 bits per heavy atom. The molecule has 0 saturated heterocycles. The van der Waals surface area contributed by atoms with Crippen LogP contribution in [0.2, 0.25) is 0 Å². The normalized spacial score (nSPS) is 16.7. The van der Waals surface area contributed by atoms with Crippen molar-refractivity contribution < 1.29 is 23.4 Å². The molecule has 5 nitrogen and oxygen atoms in total. The van der Waals surface area contributed by atoms with E-state index >= 15 is 0 Å². The molecule has 0 bridgehead atoms. The molecule has 1 aromatic carbocycles. The molecule has 2 N–H and O–H groups in total. The maximum atomic E-state index is 12.6. The van der Waals surface area contributed by atoms with E-state index in [1.54, 1.807) is 24.3 Å². The van der Waals surface area contributed by atoms with Crippen LogP contribution in [0.4, 0.5) is 8.78 Å². The van der Waals surface area contributed by atoms with E-state index in [1.807, 2.05) is 13.8 Å². The predicted octanol–water partition coefficient (Wildman–Crippen LogP) is 3.52. The van der Waals surface area contributed by atoms with Gasteiger partial charge in [-0.3, -0.25) is 4.98 Å². The lowest BCUT2D eigenvalue weighted by atomic mass is 10.0. The number of ether oxygens (including phenoxy) is 2. The first kappa shape index (κ1) is 17.6. The van der Waals surface area contributed by atoms with Gasteiger partial charge >= 0.3 is 0 Å². The summed E-state index contributed by atoms with van der Waals surface area (Å²) in [5, 5.41) is 13.8. The maximum Gasteiger partial charge on any atom is 0.280 e. The highest BCUT2D eigenvalue weighted by Crippen LogP contribution is 2.35. The Balaban J connectivity index is 1.65. The third kappa shape index (κ3) is 3.88. The highest BCUT2D eigenvalue weighted by Gasteiger charge is 2.22. The van der Waals surface area contributed by atoms with E-state index in [0.29, 0.717) is 17.1 Å². The summed E-state index contributed by atoms with van der Waals surface area (Å²) in [5.74, 6) is 1.28. The van der Waals surface area contributed by atoms with Crippen LogP contribution in [0.5, 0.6) is 11.5 Å². The Morgan fingerprint density at radius 1 is 1.08 bits per heavy atom. The van der Waals surface area contributed by atoms with Crippen LogP contribution in [0.3, 0.4) is 0 Å². The molecule has 25 heavy (non-hydrogen) atoms. The van der Waals surface area contributed by atoms with Crippen molar-refractivity contribution in [2.75, 3.05) is 6.79 Å². The summed E-state index contributed by atoms with van der Waals surface area (Å²) in [6.07, 6.45) is -1.91. The van der Waals surface area contributed by atoms with Crippen molar-refractivity contribution in [3.63, 3.8) is 0 Å². The minimum absolute atomic E-state index is 0.155. The van der Waals surface area contributed by atoms with Crippen LogP contribution in [0.15, 0.2) is 36.5 Å². The minimum atomic E-state index is -2.58. The summed E-state index contributed by atoms with van der Waals surface area (Å²) in [6, 6.07) is 7.82. The van der Waals surface area contributed by atoms with Crippen LogP contribution in [0, 0.1) is 0 Å². The van der Waals surface area contributed by atoms with Crippen molar-refractivity contribution in [2.24, 2.45) is 0 Å². The van der Waals surface area contributed by atoms with Gasteiger partial charge in [-0.25, -0.2) is 8.78 Å². The fraction of sp³-hybridized carbons (Fsp3) is 0.389. The van der Waals surface area contributed by atoms with Gasteiger partial charge in [0, 0.05) is 18.3 Å². The number of pyridine rings is 1. The van der Waals surface area contributed by atoms with Crippen molar-refractivity contribution in [1.82, 2.24) is 10.3 Å². The SMILES string of the molecule is CC(N[C@@H](C)[C@H](O)c1ccc2c(c1)OCO2)c1ccc(C(F)F)nc1. The summed E-state index contributed by atoms with van der Waals surface area (Å²) in [5.41, 5.74) is 1.24. The van der Waals surface area contributed by atoms with Gasteiger partial charge in [-0.15, -0.1) is 0 Å².